The van der Waals surface area contributed by atoms with Crippen LogP contribution >= 0.6 is 27.7 Å². The second kappa shape index (κ2) is 5.26. The van der Waals surface area contributed by atoms with Crippen LogP contribution in [-0.4, -0.2) is 10.5 Å². The van der Waals surface area contributed by atoms with Gasteiger partial charge in [-0.1, -0.05) is 15.9 Å². The van der Waals surface area contributed by atoms with Crippen molar-refractivity contribution in [3.8, 4) is 0 Å². The van der Waals surface area contributed by atoms with Crippen molar-refractivity contribution in [3.63, 3.8) is 0 Å². The van der Waals surface area contributed by atoms with Gasteiger partial charge in [-0.15, -0.1) is 0 Å². The Morgan fingerprint density at radius 1 is 1.59 bits per heavy atom. The summed E-state index contributed by atoms with van der Waals surface area (Å²) in [6.45, 7) is 2.15. The Labute approximate surface area is 114 Å². The van der Waals surface area contributed by atoms with Gasteiger partial charge in [0, 0.05) is 14.8 Å². The highest BCUT2D eigenvalue weighted by Crippen LogP contribution is 2.46. The predicted molar refractivity (Wildman–Crippen MR) is 74.3 cm³/mol. The molecule has 94 valence electrons. The number of rotatable bonds is 3. The van der Waals surface area contributed by atoms with Crippen molar-refractivity contribution in [1.29, 1.82) is 0 Å². The molecule has 1 fully saturated rings. The summed E-state index contributed by atoms with van der Waals surface area (Å²) in [6.07, 6.45) is 2.22. The molecule has 2 nitrogen and oxygen atoms in total. The number of hydrazine groups is 1. The van der Waals surface area contributed by atoms with E-state index in [0.717, 1.165) is 23.1 Å². The maximum atomic E-state index is 13.9. The van der Waals surface area contributed by atoms with Gasteiger partial charge in [0.1, 0.15) is 5.82 Å². The van der Waals surface area contributed by atoms with Crippen LogP contribution in [0.1, 0.15) is 31.4 Å². The van der Waals surface area contributed by atoms with Crippen LogP contribution in [0.15, 0.2) is 22.7 Å². The van der Waals surface area contributed by atoms with Crippen LogP contribution in [0.5, 0.6) is 0 Å². The largest absolute Gasteiger partial charge is 0.271 e. The molecule has 0 saturated carbocycles. The summed E-state index contributed by atoms with van der Waals surface area (Å²) in [5, 5.41) is 0. The topological polar surface area (TPSA) is 38.0 Å². The fourth-order valence-corrected chi connectivity index (χ4v) is 4.14. The average Bonchev–Trinajstić information content (AvgIpc) is 2.72. The van der Waals surface area contributed by atoms with E-state index in [1.807, 2.05) is 17.8 Å². The van der Waals surface area contributed by atoms with Crippen LogP contribution in [0.25, 0.3) is 0 Å². The highest BCUT2D eigenvalue weighted by molar-refractivity contribution is 9.10. The van der Waals surface area contributed by atoms with Crippen molar-refractivity contribution in [2.45, 2.75) is 30.6 Å². The first-order chi connectivity index (χ1) is 8.07. The molecule has 0 aromatic heterocycles. The second-order valence-corrected chi connectivity index (χ2v) is 7.08. The number of nitrogens with two attached hydrogens (primary N) is 1. The maximum Gasteiger partial charge on any atom is 0.128 e. The van der Waals surface area contributed by atoms with E-state index in [0.29, 0.717) is 5.56 Å². The van der Waals surface area contributed by atoms with Gasteiger partial charge in [0.15, 0.2) is 0 Å². The van der Waals surface area contributed by atoms with E-state index in [9.17, 15) is 4.39 Å². The third kappa shape index (κ3) is 2.67. The average molecular weight is 319 g/mol. The molecule has 0 spiro atoms. The lowest BCUT2D eigenvalue weighted by atomic mass is 9.90. The van der Waals surface area contributed by atoms with Gasteiger partial charge < -0.3 is 0 Å². The smallest absolute Gasteiger partial charge is 0.128 e. The highest BCUT2D eigenvalue weighted by Gasteiger charge is 2.39. The normalized spacial score (nSPS) is 26.1. The zero-order valence-electron chi connectivity index (χ0n) is 9.67. The zero-order valence-corrected chi connectivity index (χ0v) is 12.1. The molecule has 1 saturated heterocycles. The highest BCUT2D eigenvalue weighted by atomic mass is 79.9. The first-order valence-corrected chi connectivity index (χ1v) is 7.40. The molecule has 1 aliphatic rings. The Balaban J connectivity index is 2.37. The summed E-state index contributed by atoms with van der Waals surface area (Å²) in [5.41, 5.74) is 3.42. The van der Waals surface area contributed by atoms with E-state index in [1.54, 1.807) is 6.07 Å². The third-order valence-corrected chi connectivity index (χ3v) is 5.38. The Kier molecular flexibility index (Phi) is 4.13. The Morgan fingerprint density at radius 2 is 2.35 bits per heavy atom. The summed E-state index contributed by atoms with van der Waals surface area (Å²) < 4.78 is 14.7. The standard InChI is InChI=1S/C12H16BrFN2S/c1-12(5-2-6-17-12)11(16-15)9-7-8(13)3-4-10(9)14/h3-4,7,11,16H,2,5-6,15H2,1H3. The molecule has 3 N–H and O–H groups in total. The van der Waals surface area contributed by atoms with Gasteiger partial charge in [-0.3, -0.25) is 11.3 Å². The predicted octanol–water partition coefficient (Wildman–Crippen LogP) is 3.38. The summed E-state index contributed by atoms with van der Waals surface area (Å²) in [7, 11) is 0. The first kappa shape index (κ1) is 13.3. The molecule has 5 heteroatoms. The van der Waals surface area contributed by atoms with Gasteiger partial charge in [-0.2, -0.15) is 11.8 Å². The molecule has 0 bridgehead atoms. The minimum Gasteiger partial charge on any atom is -0.271 e. The van der Waals surface area contributed by atoms with Crippen LogP contribution in [-0.2, 0) is 0 Å². The van der Waals surface area contributed by atoms with E-state index < -0.39 is 0 Å². The van der Waals surface area contributed by atoms with Crippen molar-refractivity contribution >= 4 is 27.7 Å². The molecule has 1 aliphatic heterocycles. The number of benzene rings is 1. The number of thioether (sulfide) groups is 1. The summed E-state index contributed by atoms with van der Waals surface area (Å²) in [5.74, 6) is 6.56. The first-order valence-electron chi connectivity index (χ1n) is 5.62. The maximum absolute atomic E-state index is 13.9. The van der Waals surface area contributed by atoms with Crippen LogP contribution in [0, 0.1) is 5.82 Å². The van der Waals surface area contributed by atoms with Gasteiger partial charge >= 0.3 is 0 Å². The molecule has 1 heterocycles. The van der Waals surface area contributed by atoms with Crippen molar-refractivity contribution < 1.29 is 4.39 Å². The minimum atomic E-state index is -0.204. The quantitative estimate of drug-likeness (QED) is 0.663. The van der Waals surface area contributed by atoms with E-state index in [1.165, 1.54) is 6.07 Å². The van der Waals surface area contributed by atoms with Crippen molar-refractivity contribution in [2.24, 2.45) is 5.84 Å². The van der Waals surface area contributed by atoms with Crippen molar-refractivity contribution in [3.05, 3.63) is 34.1 Å². The molecule has 2 atom stereocenters. The molecular weight excluding hydrogens is 303 g/mol. The van der Waals surface area contributed by atoms with Crippen LogP contribution in [0.2, 0.25) is 0 Å². The lowest BCUT2D eigenvalue weighted by Gasteiger charge is -2.33. The van der Waals surface area contributed by atoms with Crippen molar-refractivity contribution in [1.82, 2.24) is 5.43 Å². The molecule has 0 amide bonds. The molecule has 1 aromatic carbocycles. The monoisotopic (exact) mass is 318 g/mol. The van der Waals surface area contributed by atoms with Gasteiger partial charge in [0.05, 0.1) is 6.04 Å². The van der Waals surface area contributed by atoms with Crippen LogP contribution < -0.4 is 11.3 Å². The Bertz CT molecular complexity index is 407. The molecular formula is C12H16BrFN2S. The molecule has 1 aromatic rings. The SMILES string of the molecule is CC1(C(NN)c2cc(Br)ccc2F)CCCS1. The number of nitrogens with one attached hydrogen (secondary N) is 1. The molecule has 17 heavy (non-hydrogen) atoms. The van der Waals surface area contributed by atoms with E-state index >= 15 is 0 Å². The fraction of sp³-hybridized carbons (Fsp3) is 0.500. The molecule has 0 aliphatic carbocycles. The molecule has 0 radical (unpaired) electrons. The Hall–Kier alpha value is -0.100. The van der Waals surface area contributed by atoms with E-state index in [-0.39, 0.29) is 16.6 Å². The summed E-state index contributed by atoms with van der Waals surface area (Å²) in [4.78, 5) is 0. The lowest BCUT2D eigenvalue weighted by Crippen LogP contribution is -2.41. The number of hydrogen-bond donors (Lipinski definition) is 2. The second-order valence-electron chi connectivity index (χ2n) is 4.53. The zero-order chi connectivity index (χ0) is 12.5. The Morgan fingerprint density at radius 3 is 2.94 bits per heavy atom. The van der Waals surface area contributed by atoms with E-state index in [4.69, 9.17) is 5.84 Å². The van der Waals surface area contributed by atoms with Gasteiger partial charge in [0.2, 0.25) is 0 Å². The van der Waals surface area contributed by atoms with Crippen molar-refractivity contribution in [2.75, 3.05) is 5.75 Å². The molecule has 2 unspecified atom stereocenters. The minimum absolute atomic E-state index is 0.0314. The molecule has 2 rings (SSSR count). The lowest BCUT2D eigenvalue weighted by molar-refractivity contribution is 0.406. The fourth-order valence-electron chi connectivity index (χ4n) is 2.36. The van der Waals surface area contributed by atoms with Gasteiger partial charge in [0.25, 0.3) is 0 Å². The van der Waals surface area contributed by atoms with Crippen LogP contribution in [0.3, 0.4) is 0 Å². The van der Waals surface area contributed by atoms with Gasteiger partial charge in [-0.25, -0.2) is 4.39 Å². The number of hydrogen-bond acceptors (Lipinski definition) is 3. The summed E-state index contributed by atoms with van der Waals surface area (Å²) in [6, 6.07) is 4.83. The van der Waals surface area contributed by atoms with Gasteiger partial charge in [-0.05, 0) is 43.7 Å². The van der Waals surface area contributed by atoms with Crippen LogP contribution in [0.4, 0.5) is 4.39 Å². The summed E-state index contributed by atoms with van der Waals surface area (Å²) >= 11 is 5.24. The number of halogens is 2. The van der Waals surface area contributed by atoms with E-state index in [2.05, 4.69) is 28.3 Å². The third-order valence-electron chi connectivity index (χ3n) is 3.30.